The lowest BCUT2D eigenvalue weighted by Gasteiger charge is -2.13. The number of nitrogens with one attached hydrogen (secondary N) is 1. The summed E-state index contributed by atoms with van der Waals surface area (Å²) in [5.74, 6) is 0.845. The SMILES string of the molecule is CCc1ccc([C@H](C)CC(=O)c2nccn2C(C)C)[nH]1. The van der Waals surface area contributed by atoms with Crippen LogP contribution in [0.15, 0.2) is 24.5 Å². The molecule has 108 valence electrons. The zero-order chi connectivity index (χ0) is 14.7. The molecule has 1 atom stereocenters. The second kappa shape index (κ2) is 6.07. The Morgan fingerprint density at radius 2 is 2.10 bits per heavy atom. The first-order valence-corrected chi connectivity index (χ1v) is 7.26. The number of carbonyl (C=O) groups excluding carboxylic acids is 1. The highest BCUT2D eigenvalue weighted by Crippen LogP contribution is 2.21. The normalized spacial score (nSPS) is 12.8. The molecular formula is C16H23N3O. The van der Waals surface area contributed by atoms with Crippen molar-refractivity contribution in [2.24, 2.45) is 0 Å². The molecule has 20 heavy (non-hydrogen) atoms. The quantitative estimate of drug-likeness (QED) is 0.815. The number of nitrogens with zero attached hydrogens (tertiary/aromatic N) is 2. The molecule has 0 saturated carbocycles. The van der Waals surface area contributed by atoms with Gasteiger partial charge >= 0.3 is 0 Å². The van der Waals surface area contributed by atoms with Crippen molar-refractivity contribution in [3.8, 4) is 0 Å². The molecule has 2 heterocycles. The lowest BCUT2D eigenvalue weighted by Crippen LogP contribution is -2.14. The fourth-order valence-corrected chi connectivity index (χ4v) is 2.38. The molecule has 0 amide bonds. The number of aryl methyl sites for hydroxylation is 1. The van der Waals surface area contributed by atoms with Crippen LogP contribution in [0.25, 0.3) is 0 Å². The van der Waals surface area contributed by atoms with Gasteiger partial charge in [0, 0.05) is 42.2 Å². The lowest BCUT2D eigenvalue weighted by molar-refractivity contribution is 0.0959. The molecule has 0 spiro atoms. The predicted octanol–water partition coefficient (Wildman–Crippen LogP) is 3.73. The number of ketones is 1. The van der Waals surface area contributed by atoms with Gasteiger partial charge in [-0.2, -0.15) is 0 Å². The Morgan fingerprint density at radius 1 is 1.35 bits per heavy atom. The maximum atomic E-state index is 12.4. The van der Waals surface area contributed by atoms with E-state index < -0.39 is 0 Å². The minimum absolute atomic E-state index is 0.101. The van der Waals surface area contributed by atoms with E-state index in [9.17, 15) is 4.79 Å². The van der Waals surface area contributed by atoms with Gasteiger partial charge in [-0.05, 0) is 32.4 Å². The second-order valence-corrected chi connectivity index (χ2v) is 5.57. The minimum Gasteiger partial charge on any atom is -0.362 e. The number of aromatic amines is 1. The van der Waals surface area contributed by atoms with Gasteiger partial charge < -0.3 is 9.55 Å². The van der Waals surface area contributed by atoms with E-state index in [1.54, 1.807) is 6.20 Å². The number of rotatable bonds is 6. The summed E-state index contributed by atoms with van der Waals surface area (Å²) in [5, 5.41) is 0. The van der Waals surface area contributed by atoms with E-state index in [4.69, 9.17) is 0 Å². The fraction of sp³-hybridized carbons (Fsp3) is 0.500. The van der Waals surface area contributed by atoms with Crippen LogP contribution in [0, 0.1) is 0 Å². The average molecular weight is 273 g/mol. The number of carbonyl (C=O) groups is 1. The molecule has 0 aromatic carbocycles. The van der Waals surface area contributed by atoms with E-state index in [1.165, 1.54) is 5.69 Å². The van der Waals surface area contributed by atoms with Gasteiger partial charge in [-0.25, -0.2) is 4.98 Å². The highest BCUT2D eigenvalue weighted by molar-refractivity contribution is 5.93. The van der Waals surface area contributed by atoms with Gasteiger partial charge in [0.05, 0.1) is 0 Å². The Morgan fingerprint density at radius 3 is 2.70 bits per heavy atom. The summed E-state index contributed by atoms with van der Waals surface area (Å²) >= 11 is 0. The Hall–Kier alpha value is -1.84. The van der Waals surface area contributed by atoms with Gasteiger partial charge in [-0.1, -0.05) is 13.8 Å². The van der Waals surface area contributed by atoms with Crippen LogP contribution in [0.1, 0.15) is 68.1 Å². The fourth-order valence-electron chi connectivity index (χ4n) is 2.38. The summed E-state index contributed by atoms with van der Waals surface area (Å²) in [6, 6.07) is 4.42. The van der Waals surface area contributed by atoms with Gasteiger partial charge in [0.25, 0.3) is 0 Å². The van der Waals surface area contributed by atoms with E-state index in [0.29, 0.717) is 12.2 Å². The number of aromatic nitrogens is 3. The maximum Gasteiger partial charge on any atom is 0.198 e. The van der Waals surface area contributed by atoms with Crippen molar-refractivity contribution in [3.05, 3.63) is 41.7 Å². The summed E-state index contributed by atoms with van der Waals surface area (Å²) in [6.07, 6.45) is 5.03. The Balaban J connectivity index is 2.09. The first-order chi connectivity index (χ1) is 9.52. The van der Waals surface area contributed by atoms with Crippen LogP contribution in [0.4, 0.5) is 0 Å². The van der Waals surface area contributed by atoms with Crippen LogP contribution in [0.3, 0.4) is 0 Å². The van der Waals surface area contributed by atoms with Crippen LogP contribution in [-0.2, 0) is 6.42 Å². The summed E-state index contributed by atoms with van der Waals surface area (Å²) < 4.78 is 1.93. The zero-order valence-electron chi connectivity index (χ0n) is 12.7. The molecule has 0 radical (unpaired) electrons. The van der Waals surface area contributed by atoms with Crippen molar-refractivity contribution in [2.75, 3.05) is 0 Å². The van der Waals surface area contributed by atoms with E-state index in [0.717, 1.165) is 12.1 Å². The largest absolute Gasteiger partial charge is 0.362 e. The number of hydrogen-bond acceptors (Lipinski definition) is 2. The predicted molar refractivity (Wildman–Crippen MR) is 80.1 cm³/mol. The molecule has 4 heteroatoms. The molecule has 0 fully saturated rings. The van der Waals surface area contributed by atoms with E-state index >= 15 is 0 Å². The van der Waals surface area contributed by atoms with Gasteiger partial charge in [0.1, 0.15) is 0 Å². The molecular weight excluding hydrogens is 250 g/mol. The van der Waals surface area contributed by atoms with Crippen LogP contribution >= 0.6 is 0 Å². The number of imidazole rings is 1. The summed E-state index contributed by atoms with van der Waals surface area (Å²) in [6.45, 7) is 8.30. The third-order valence-corrected chi connectivity index (χ3v) is 3.65. The molecule has 2 rings (SSSR count). The topological polar surface area (TPSA) is 50.7 Å². The third-order valence-electron chi connectivity index (χ3n) is 3.65. The average Bonchev–Trinajstić information content (AvgIpc) is 3.07. The Labute approximate surface area is 120 Å². The molecule has 0 saturated heterocycles. The smallest absolute Gasteiger partial charge is 0.198 e. The monoisotopic (exact) mass is 273 g/mol. The second-order valence-electron chi connectivity index (χ2n) is 5.57. The van der Waals surface area contributed by atoms with E-state index in [-0.39, 0.29) is 17.7 Å². The van der Waals surface area contributed by atoms with Crippen molar-refractivity contribution in [3.63, 3.8) is 0 Å². The molecule has 2 aromatic rings. The van der Waals surface area contributed by atoms with Crippen LogP contribution in [0.5, 0.6) is 0 Å². The van der Waals surface area contributed by atoms with Crippen molar-refractivity contribution in [1.29, 1.82) is 0 Å². The molecule has 1 N–H and O–H groups in total. The zero-order valence-corrected chi connectivity index (χ0v) is 12.7. The molecule has 4 nitrogen and oxygen atoms in total. The van der Waals surface area contributed by atoms with Gasteiger partial charge in [0.15, 0.2) is 11.6 Å². The van der Waals surface area contributed by atoms with Crippen molar-refractivity contribution >= 4 is 5.78 Å². The molecule has 0 aliphatic heterocycles. The number of Topliss-reactive ketones (excluding diaryl/α,β-unsaturated/α-hetero) is 1. The standard InChI is InChI=1S/C16H23N3O/c1-5-13-6-7-14(18-13)12(4)10-15(20)16-17-8-9-19(16)11(2)3/h6-9,11-12,18H,5,10H2,1-4H3/t12-/m1/s1. The molecule has 0 aliphatic carbocycles. The van der Waals surface area contributed by atoms with Gasteiger partial charge in [-0.3, -0.25) is 4.79 Å². The molecule has 0 bridgehead atoms. The third kappa shape index (κ3) is 3.00. The van der Waals surface area contributed by atoms with Crippen LogP contribution < -0.4 is 0 Å². The molecule has 0 unspecified atom stereocenters. The van der Waals surface area contributed by atoms with Gasteiger partial charge in [0.2, 0.25) is 0 Å². The minimum atomic E-state index is 0.101. The Bertz CT molecular complexity index is 580. The van der Waals surface area contributed by atoms with E-state index in [2.05, 4.69) is 49.8 Å². The first-order valence-electron chi connectivity index (χ1n) is 7.26. The maximum absolute atomic E-state index is 12.4. The van der Waals surface area contributed by atoms with Crippen LogP contribution in [-0.4, -0.2) is 20.3 Å². The number of H-pyrrole nitrogens is 1. The molecule has 0 aliphatic rings. The summed E-state index contributed by atoms with van der Waals surface area (Å²) in [5.41, 5.74) is 2.33. The first kappa shape index (κ1) is 14.6. The lowest BCUT2D eigenvalue weighted by atomic mass is 10.0. The summed E-state index contributed by atoms with van der Waals surface area (Å²) in [4.78, 5) is 20.0. The van der Waals surface area contributed by atoms with Crippen molar-refractivity contribution in [1.82, 2.24) is 14.5 Å². The summed E-state index contributed by atoms with van der Waals surface area (Å²) in [7, 11) is 0. The highest BCUT2D eigenvalue weighted by Gasteiger charge is 2.19. The van der Waals surface area contributed by atoms with Crippen molar-refractivity contribution < 1.29 is 4.79 Å². The van der Waals surface area contributed by atoms with E-state index in [1.807, 2.05) is 10.8 Å². The Kier molecular flexibility index (Phi) is 4.42. The highest BCUT2D eigenvalue weighted by atomic mass is 16.1. The number of hydrogen-bond donors (Lipinski definition) is 1. The molecule has 2 aromatic heterocycles. The van der Waals surface area contributed by atoms with Crippen LogP contribution in [0.2, 0.25) is 0 Å². The van der Waals surface area contributed by atoms with Crippen molar-refractivity contribution in [2.45, 2.75) is 52.5 Å². The van der Waals surface area contributed by atoms with Gasteiger partial charge in [-0.15, -0.1) is 0 Å².